The molecule has 1 aliphatic heterocycles. The van der Waals surface area contributed by atoms with Crippen molar-refractivity contribution in [1.82, 2.24) is 0 Å². The monoisotopic (exact) mass is 220 g/mol. The summed E-state index contributed by atoms with van der Waals surface area (Å²) in [6.07, 6.45) is 3.48. The highest BCUT2D eigenvalue weighted by Crippen LogP contribution is 2.28. The molecule has 0 bridgehead atoms. The van der Waals surface area contributed by atoms with E-state index in [1.54, 1.807) is 0 Å². The summed E-state index contributed by atoms with van der Waals surface area (Å²) in [5, 5.41) is 8.70. The Bertz CT molecular complexity index is 245. The van der Waals surface area contributed by atoms with Gasteiger partial charge in [0.1, 0.15) is 9.84 Å². The summed E-state index contributed by atoms with van der Waals surface area (Å²) in [5.74, 6) is 1.82. The molecule has 0 radical (unpaired) electrons. The molecule has 1 rings (SSSR count). The second-order valence-electron chi connectivity index (χ2n) is 4.33. The number of hydrogen-bond donors (Lipinski definition) is 1. The molecule has 0 aromatic carbocycles. The second kappa shape index (κ2) is 5.12. The molecule has 0 aromatic heterocycles. The predicted octanol–water partition coefficient (Wildman–Crippen LogP) is 1.22. The van der Waals surface area contributed by atoms with Crippen molar-refractivity contribution in [3.8, 4) is 0 Å². The third-order valence-corrected chi connectivity index (χ3v) is 4.94. The average molecular weight is 220 g/mol. The first-order valence-electron chi connectivity index (χ1n) is 5.36. The van der Waals surface area contributed by atoms with Gasteiger partial charge in [0.25, 0.3) is 0 Å². The van der Waals surface area contributed by atoms with Crippen molar-refractivity contribution in [1.29, 1.82) is 0 Å². The van der Waals surface area contributed by atoms with E-state index in [1.807, 2.05) is 0 Å². The molecule has 0 spiro atoms. The summed E-state index contributed by atoms with van der Waals surface area (Å²) < 4.78 is 22.4. The smallest absolute Gasteiger partial charge is 0.150 e. The summed E-state index contributed by atoms with van der Waals surface area (Å²) in [5.41, 5.74) is 0. The zero-order valence-electron chi connectivity index (χ0n) is 8.78. The molecule has 0 amide bonds. The number of aliphatic hydroxyl groups excluding tert-OH is 1. The minimum atomic E-state index is -2.72. The SMILES string of the molecule is CC(CCCO)C1CCS(=O)(=O)CC1. The molecule has 3 nitrogen and oxygen atoms in total. The molecule has 1 fully saturated rings. The van der Waals surface area contributed by atoms with Crippen LogP contribution in [0.2, 0.25) is 0 Å². The van der Waals surface area contributed by atoms with Gasteiger partial charge in [-0.05, 0) is 37.5 Å². The van der Waals surface area contributed by atoms with Crippen LogP contribution in [0.3, 0.4) is 0 Å². The van der Waals surface area contributed by atoms with Crippen LogP contribution >= 0.6 is 0 Å². The van der Waals surface area contributed by atoms with Crippen LogP contribution < -0.4 is 0 Å². The number of sulfone groups is 1. The third kappa shape index (κ3) is 3.58. The molecular formula is C10H20O3S. The highest BCUT2D eigenvalue weighted by molar-refractivity contribution is 7.91. The van der Waals surface area contributed by atoms with E-state index in [4.69, 9.17) is 5.11 Å². The normalized spacial score (nSPS) is 24.7. The Morgan fingerprint density at radius 3 is 2.43 bits per heavy atom. The lowest BCUT2D eigenvalue weighted by molar-refractivity contribution is 0.246. The van der Waals surface area contributed by atoms with Gasteiger partial charge in [0.15, 0.2) is 0 Å². The highest BCUT2D eigenvalue weighted by Gasteiger charge is 2.26. The van der Waals surface area contributed by atoms with Gasteiger partial charge >= 0.3 is 0 Å². The predicted molar refractivity (Wildman–Crippen MR) is 56.9 cm³/mol. The van der Waals surface area contributed by atoms with E-state index in [0.29, 0.717) is 23.3 Å². The molecule has 1 atom stereocenters. The standard InChI is InChI=1S/C10H20O3S/c1-9(3-2-6-11)10-4-7-14(12,13)8-5-10/h9-11H,2-8H2,1H3. The molecule has 0 saturated carbocycles. The van der Waals surface area contributed by atoms with Crippen LogP contribution in [0.25, 0.3) is 0 Å². The number of hydrogen-bond acceptors (Lipinski definition) is 3. The molecule has 1 unspecified atom stereocenters. The summed E-state index contributed by atoms with van der Waals surface area (Å²) in [6.45, 7) is 2.41. The van der Waals surface area contributed by atoms with Crippen LogP contribution in [0.1, 0.15) is 32.6 Å². The third-order valence-electron chi connectivity index (χ3n) is 3.22. The lowest BCUT2D eigenvalue weighted by Gasteiger charge is -2.27. The van der Waals surface area contributed by atoms with E-state index in [0.717, 1.165) is 25.7 Å². The zero-order valence-corrected chi connectivity index (χ0v) is 9.59. The van der Waals surface area contributed by atoms with Gasteiger partial charge in [-0.3, -0.25) is 0 Å². The fourth-order valence-electron chi connectivity index (χ4n) is 2.13. The average Bonchev–Trinajstić information content (AvgIpc) is 2.14. The fourth-order valence-corrected chi connectivity index (χ4v) is 3.65. The minimum absolute atomic E-state index is 0.245. The molecule has 84 valence electrons. The van der Waals surface area contributed by atoms with Crippen molar-refractivity contribution < 1.29 is 13.5 Å². The first-order chi connectivity index (χ1) is 6.55. The Hall–Kier alpha value is -0.0900. The van der Waals surface area contributed by atoms with Crippen molar-refractivity contribution in [2.24, 2.45) is 11.8 Å². The van der Waals surface area contributed by atoms with E-state index in [-0.39, 0.29) is 6.61 Å². The lowest BCUT2D eigenvalue weighted by atomic mass is 9.86. The largest absolute Gasteiger partial charge is 0.396 e. The fraction of sp³-hybridized carbons (Fsp3) is 1.00. The van der Waals surface area contributed by atoms with Crippen LogP contribution in [0.4, 0.5) is 0 Å². The maximum Gasteiger partial charge on any atom is 0.150 e. The van der Waals surface area contributed by atoms with Gasteiger partial charge in [-0.25, -0.2) is 8.42 Å². The number of aliphatic hydroxyl groups is 1. The maximum atomic E-state index is 11.2. The van der Waals surface area contributed by atoms with E-state index in [1.165, 1.54) is 0 Å². The summed E-state index contributed by atoms with van der Waals surface area (Å²) in [6, 6.07) is 0. The van der Waals surface area contributed by atoms with Crippen molar-refractivity contribution in [3.63, 3.8) is 0 Å². The van der Waals surface area contributed by atoms with Crippen LogP contribution in [-0.2, 0) is 9.84 Å². The van der Waals surface area contributed by atoms with Crippen LogP contribution in [0.5, 0.6) is 0 Å². The lowest BCUT2D eigenvalue weighted by Crippen LogP contribution is -2.27. The summed E-state index contributed by atoms with van der Waals surface area (Å²) in [7, 11) is -2.72. The van der Waals surface area contributed by atoms with Gasteiger partial charge in [-0.2, -0.15) is 0 Å². The molecule has 1 saturated heterocycles. The molecule has 1 aliphatic rings. The first kappa shape index (κ1) is 12.0. The van der Waals surface area contributed by atoms with Gasteiger partial charge in [-0.15, -0.1) is 0 Å². The second-order valence-corrected chi connectivity index (χ2v) is 6.64. The minimum Gasteiger partial charge on any atom is -0.396 e. The molecular weight excluding hydrogens is 200 g/mol. The Morgan fingerprint density at radius 1 is 1.36 bits per heavy atom. The van der Waals surface area contributed by atoms with Crippen molar-refractivity contribution in [2.45, 2.75) is 32.6 Å². The van der Waals surface area contributed by atoms with E-state index in [2.05, 4.69) is 6.92 Å². The van der Waals surface area contributed by atoms with Crippen molar-refractivity contribution in [2.75, 3.05) is 18.1 Å². The highest BCUT2D eigenvalue weighted by atomic mass is 32.2. The van der Waals surface area contributed by atoms with Crippen LogP contribution in [-0.4, -0.2) is 31.6 Å². The maximum absolute atomic E-state index is 11.2. The van der Waals surface area contributed by atoms with Gasteiger partial charge in [0.05, 0.1) is 11.5 Å². The molecule has 1 N–H and O–H groups in total. The van der Waals surface area contributed by atoms with Crippen LogP contribution in [0.15, 0.2) is 0 Å². The first-order valence-corrected chi connectivity index (χ1v) is 7.18. The van der Waals surface area contributed by atoms with Crippen molar-refractivity contribution in [3.05, 3.63) is 0 Å². The quantitative estimate of drug-likeness (QED) is 0.775. The molecule has 4 heteroatoms. The Morgan fingerprint density at radius 2 is 1.93 bits per heavy atom. The van der Waals surface area contributed by atoms with E-state index in [9.17, 15) is 8.42 Å². The number of rotatable bonds is 4. The van der Waals surface area contributed by atoms with Gasteiger partial charge in [0.2, 0.25) is 0 Å². The zero-order chi connectivity index (χ0) is 10.6. The van der Waals surface area contributed by atoms with Crippen molar-refractivity contribution >= 4 is 9.84 Å². The van der Waals surface area contributed by atoms with Crippen LogP contribution in [0, 0.1) is 11.8 Å². The molecule has 1 heterocycles. The topological polar surface area (TPSA) is 54.4 Å². The van der Waals surface area contributed by atoms with E-state index >= 15 is 0 Å². The van der Waals surface area contributed by atoms with Gasteiger partial charge < -0.3 is 5.11 Å². The molecule has 14 heavy (non-hydrogen) atoms. The Kier molecular flexibility index (Phi) is 4.38. The molecule has 0 aromatic rings. The van der Waals surface area contributed by atoms with Gasteiger partial charge in [0, 0.05) is 6.61 Å². The summed E-state index contributed by atoms with van der Waals surface area (Å²) >= 11 is 0. The Balaban J connectivity index is 2.34. The summed E-state index contributed by atoms with van der Waals surface area (Å²) in [4.78, 5) is 0. The Labute approximate surface area is 86.4 Å². The van der Waals surface area contributed by atoms with E-state index < -0.39 is 9.84 Å². The molecule has 0 aliphatic carbocycles. The van der Waals surface area contributed by atoms with Gasteiger partial charge in [-0.1, -0.05) is 6.92 Å².